The average molecular weight is 544 g/mol. The molecule has 6 rings (SSSR count). The third-order valence-electron chi connectivity index (χ3n) is 8.63. The van der Waals surface area contributed by atoms with Crippen molar-refractivity contribution in [3.8, 4) is 0 Å². The Bertz CT molecular complexity index is 1450. The maximum Gasteiger partial charge on any atom is 0.265 e. The second kappa shape index (κ2) is 11.4. The van der Waals surface area contributed by atoms with Gasteiger partial charge in [-0.1, -0.05) is 121 Å². The fraction of sp³-hybridized carbons (Fsp3) is 0.278. The van der Waals surface area contributed by atoms with E-state index in [4.69, 9.17) is 4.99 Å². The van der Waals surface area contributed by atoms with E-state index < -0.39 is 11.1 Å². The minimum Gasteiger partial charge on any atom is -0.385 e. The lowest BCUT2D eigenvalue weighted by Crippen LogP contribution is -2.45. The van der Waals surface area contributed by atoms with Crippen LogP contribution in [0.25, 0.3) is 0 Å². The van der Waals surface area contributed by atoms with Gasteiger partial charge in [0.2, 0.25) is 0 Å². The summed E-state index contributed by atoms with van der Waals surface area (Å²) in [6.45, 7) is 5.16. The summed E-state index contributed by atoms with van der Waals surface area (Å²) in [7, 11) is 0. The summed E-state index contributed by atoms with van der Waals surface area (Å²) in [5.41, 5.74) is 2.98. The molecular weight excluding hydrogens is 506 g/mol. The van der Waals surface area contributed by atoms with Gasteiger partial charge < -0.3 is 10.0 Å². The van der Waals surface area contributed by atoms with Crippen molar-refractivity contribution in [1.29, 1.82) is 0 Å². The van der Waals surface area contributed by atoms with E-state index in [9.17, 15) is 9.90 Å². The topological polar surface area (TPSA) is 56.1 Å². The summed E-state index contributed by atoms with van der Waals surface area (Å²) >= 11 is 0. The van der Waals surface area contributed by atoms with E-state index in [-0.39, 0.29) is 5.91 Å². The number of amidine groups is 1. The van der Waals surface area contributed by atoms with Gasteiger partial charge in [-0.2, -0.15) is 0 Å². The van der Waals surface area contributed by atoms with E-state index in [0.717, 1.165) is 54.1 Å². The molecule has 1 fully saturated rings. The molecule has 0 radical (unpaired) electrons. The molecule has 0 bridgehead atoms. The van der Waals surface area contributed by atoms with E-state index in [0.29, 0.717) is 19.4 Å². The quantitative estimate of drug-likeness (QED) is 0.301. The van der Waals surface area contributed by atoms with Crippen molar-refractivity contribution in [3.05, 3.63) is 143 Å². The number of carbonyl (C=O) groups is 1. The molecule has 2 aliphatic rings. The molecule has 0 unspecified atom stereocenters. The number of hydrogen-bond acceptors (Lipinski definition) is 4. The molecule has 1 saturated heterocycles. The van der Waals surface area contributed by atoms with Crippen molar-refractivity contribution in [2.24, 2.45) is 4.99 Å². The van der Waals surface area contributed by atoms with E-state index in [2.05, 4.69) is 36.1 Å². The molecule has 208 valence electrons. The molecule has 0 atom stereocenters. The molecule has 5 heteroatoms. The summed E-state index contributed by atoms with van der Waals surface area (Å²) in [5, 5.41) is 11.3. The number of carbonyl (C=O) groups excluding carboxylic acids is 1. The molecule has 4 aromatic carbocycles. The Morgan fingerprint density at radius 3 is 1.76 bits per heavy atom. The monoisotopic (exact) mass is 543 g/mol. The van der Waals surface area contributed by atoms with Crippen LogP contribution in [0.15, 0.2) is 120 Å². The van der Waals surface area contributed by atoms with Gasteiger partial charge in [-0.3, -0.25) is 9.69 Å². The molecule has 41 heavy (non-hydrogen) atoms. The highest BCUT2D eigenvalue weighted by molar-refractivity contribution is 6.16. The molecule has 5 nitrogen and oxygen atoms in total. The van der Waals surface area contributed by atoms with Crippen molar-refractivity contribution in [3.63, 3.8) is 0 Å². The van der Waals surface area contributed by atoms with Gasteiger partial charge in [0.15, 0.2) is 5.54 Å². The lowest BCUT2D eigenvalue weighted by Gasteiger charge is -2.38. The van der Waals surface area contributed by atoms with Crippen molar-refractivity contribution in [1.82, 2.24) is 9.80 Å². The fourth-order valence-corrected chi connectivity index (χ4v) is 6.23. The standard InChI is InChI=1S/C36H37N3O2/c1-28-18-20-29(21-19-28)33-37-36(31-14-7-3-8-15-31,32-16-9-4-10-17-32)34(40)39(33)25-11-24-38-26-22-35(41,23-27-38)30-12-5-2-6-13-30/h2-10,12-21,41H,11,22-27H2,1H3. The van der Waals surface area contributed by atoms with E-state index in [1.165, 1.54) is 5.56 Å². The Labute approximate surface area is 242 Å². The van der Waals surface area contributed by atoms with Crippen LogP contribution in [0.5, 0.6) is 0 Å². The highest BCUT2D eigenvalue weighted by atomic mass is 16.3. The summed E-state index contributed by atoms with van der Waals surface area (Å²) in [6, 6.07) is 38.2. The molecular formula is C36H37N3O2. The smallest absolute Gasteiger partial charge is 0.265 e. The number of aliphatic imine (C=N–C) groups is 1. The van der Waals surface area contributed by atoms with Crippen LogP contribution >= 0.6 is 0 Å². The molecule has 0 aromatic heterocycles. The third-order valence-corrected chi connectivity index (χ3v) is 8.63. The van der Waals surface area contributed by atoms with Crippen LogP contribution < -0.4 is 0 Å². The second-order valence-corrected chi connectivity index (χ2v) is 11.3. The van der Waals surface area contributed by atoms with Gasteiger partial charge in [-0.25, -0.2) is 4.99 Å². The Morgan fingerprint density at radius 2 is 1.22 bits per heavy atom. The van der Waals surface area contributed by atoms with Crippen LogP contribution in [0.4, 0.5) is 0 Å². The number of likely N-dealkylation sites (tertiary alicyclic amines) is 1. The Kier molecular flexibility index (Phi) is 7.57. The summed E-state index contributed by atoms with van der Waals surface area (Å²) in [4.78, 5) is 24.2. The number of rotatable bonds is 8. The largest absolute Gasteiger partial charge is 0.385 e. The van der Waals surface area contributed by atoms with Crippen molar-refractivity contribution in [2.45, 2.75) is 37.3 Å². The summed E-state index contributed by atoms with van der Waals surface area (Å²) < 4.78 is 0. The molecule has 1 amide bonds. The van der Waals surface area contributed by atoms with Crippen LogP contribution in [0, 0.1) is 6.92 Å². The first-order valence-electron chi connectivity index (χ1n) is 14.6. The molecule has 2 heterocycles. The molecule has 0 saturated carbocycles. The number of nitrogens with zero attached hydrogens (tertiary/aromatic N) is 3. The van der Waals surface area contributed by atoms with Gasteiger partial charge in [0.25, 0.3) is 5.91 Å². The second-order valence-electron chi connectivity index (χ2n) is 11.3. The van der Waals surface area contributed by atoms with Crippen LogP contribution in [0.1, 0.15) is 47.1 Å². The van der Waals surface area contributed by atoms with Crippen LogP contribution in [0.3, 0.4) is 0 Å². The number of piperidine rings is 1. The summed E-state index contributed by atoms with van der Waals surface area (Å²) in [6.07, 6.45) is 2.24. The lowest BCUT2D eigenvalue weighted by atomic mass is 9.83. The molecule has 0 aliphatic carbocycles. The van der Waals surface area contributed by atoms with Crippen LogP contribution in [-0.4, -0.2) is 52.8 Å². The van der Waals surface area contributed by atoms with Crippen LogP contribution in [-0.2, 0) is 15.9 Å². The fourth-order valence-electron chi connectivity index (χ4n) is 6.23. The highest BCUT2D eigenvalue weighted by Crippen LogP contribution is 2.41. The van der Waals surface area contributed by atoms with Crippen molar-refractivity contribution < 1.29 is 9.90 Å². The number of aliphatic hydroxyl groups is 1. The number of hydrogen-bond donors (Lipinski definition) is 1. The zero-order valence-corrected chi connectivity index (χ0v) is 23.6. The lowest BCUT2D eigenvalue weighted by molar-refractivity contribution is -0.130. The number of aryl methyl sites for hydroxylation is 1. The zero-order chi connectivity index (χ0) is 28.3. The van der Waals surface area contributed by atoms with E-state index >= 15 is 0 Å². The molecule has 0 spiro atoms. The highest BCUT2D eigenvalue weighted by Gasteiger charge is 2.51. The van der Waals surface area contributed by atoms with Gasteiger partial charge in [0.05, 0.1) is 5.60 Å². The molecule has 1 N–H and O–H groups in total. The first-order chi connectivity index (χ1) is 20.0. The van der Waals surface area contributed by atoms with Gasteiger partial charge in [0, 0.05) is 25.2 Å². The van der Waals surface area contributed by atoms with E-state index in [1.807, 2.05) is 95.9 Å². The maximum atomic E-state index is 14.6. The summed E-state index contributed by atoms with van der Waals surface area (Å²) in [5.74, 6) is 0.711. The maximum absolute atomic E-state index is 14.6. The molecule has 2 aliphatic heterocycles. The zero-order valence-electron chi connectivity index (χ0n) is 23.6. The van der Waals surface area contributed by atoms with Gasteiger partial charge in [-0.05, 0) is 49.4 Å². The van der Waals surface area contributed by atoms with Gasteiger partial charge in [0.1, 0.15) is 5.84 Å². The Morgan fingerprint density at radius 1 is 0.707 bits per heavy atom. The predicted molar refractivity (Wildman–Crippen MR) is 164 cm³/mol. The minimum absolute atomic E-state index is 0.0115. The minimum atomic E-state index is -1.12. The first kappa shape index (κ1) is 27.1. The Balaban J connectivity index is 1.25. The van der Waals surface area contributed by atoms with Crippen molar-refractivity contribution >= 4 is 11.7 Å². The predicted octanol–water partition coefficient (Wildman–Crippen LogP) is 5.90. The molecule has 4 aromatic rings. The SMILES string of the molecule is Cc1ccc(C2=NC(c3ccccc3)(c3ccccc3)C(=O)N2CCCN2CCC(O)(c3ccccc3)CC2)cc1. The van der Waals surface area contributed by atoms with Gasteiger partial charge >= 0.3 is 0 Å². The number of benzene rings is 4. The van der Waals surface area contributed by atoms with Crippen LogP contribution in [0.2, 0.25) is 0 Å². The van der Waals surface area contributed by atoms with Gasteiger partial charge in [-0.15, -0.1) is 0 Å². The average Bonchev–Trinajstić information content (AvgIpc) is 3.32. The van der Waals surface area contributed by atoms with E-state index in [1.54, 1.807) is 0 Å². The normalized spacial score (nSPS) is 18.3. The van der Waals surface area contributed by atoms with Crippen molar-refractivity contribution in [2.75, 3.05) is 26.2 Å². The number of amides is 1. The third kappa shape index (κ3) is 5.23. The first-order valence-corrected chi connectivity index (χ1v) is 14.6. The Hall–Kier alpha value is -4.06.